The summed E-state index contributed by atoms with van der Waals surface area (Å²) in [4.78, 5) is 16.3. The molecule has 7 nitrogen and oxygen atoms in total. The summed E-state index contributed by atoms with van der Waals surface area (Å²) in [6.07, 6.45) is 0. The van der Waals surface area contributed by atoms with Crippen LogP contribution >= 0.6 is 0 Å². The van der Waals surface area contributed by atoms with Crippen LogP contribution in [0.1, 0.15) is 12.5 Å². The lowest BCUT2D eigenvalue weighted by molar-refractivity contribution is -0.114. The Labute approximate surface area is 165 Å². The van der Waals surface area contributed by atoms with Gasteiger partial charge in [0.25, 0.3) is 0 Å². The monoisotopic (exact) mass is 383 g/mol. The van der Waals surface area contributed by atoms with E-state index in [1.807, 2.05) is 36.4 Å². The minimum atomic E-state index is -0.251. The van der Waals surface area contributed by atoms with Crippen molar-refractivity contribution in [2.24, 2.45) is 0 Å². The van der Waals surface area contributed by atoms with Gasteiger partial charge in [-0.15, -0.1) is 0 Å². The van der Waals surface area contributed by atoms with E-state index in [4.69, 9.17) is 9.61 Å². The summed E-state index contributed by atoms with van der Waals surface area (Å²) in [6, 6.07) is 22.4. The van der Waals surface area contributed by atoms with Crippen molar-refractivity contribution in [3.05, 3.63) is 72.3 Å². The van der Waals surface area contributed by atoms with Gasteiger partial charge in [0.15, 0.2) is 11.5 Å². The predicted molar refractivity (Wildman–Crippen MR) is 110 cm³/mol. The first-order chi connectivity index (χ1) is 14.2. The number of aromatic nitrogens is 4. The number of imidazole rings is 1. The van der Waals surface area contributed by atoms with Gasteiger partial charge in [-0.05, 0) is 38.8 Å². The first-order valence-corrected chi connectivity index (χ1v) is 9.23. The third-order valence-corrected chi connectivity index (χ3v) is 4.86. The van der Waals surface area contributed by atoms with Crippen LogP contribution < -0.4 is 5.32 Å². The standard InChI is InChI=1S/C22H17N5O2/c1-14(28)23-21-20(25-29-26-21)22-24-18-11-4-5-12-19(18)27(22)13-16-9-6-8-15-7-2-3-10-17(15)16/h2-12H,13H2,1H3,(H,23,26,28). The van der Waals surface area contributed by atoms with E-state index in [9.17, 15) is 4.79 Å². The molecular weight excluding hydrogens is 366 g/mol. The number of hydrogen-bond donors (Lipinski definition) is 1. The van der Waals surface area contributed by atoms with Gasteiger partial charge in [0.05, 0.1) is 17.6 Å². The van der Waals surface area contributed by atoms with Crippen molar-refractivity contribution in [3.8, 4) is 11.5 Å². The average molecular weight is 383 g/mol. The first-order valence-electron chi connectivity index (χ1n) is 9.23. The van der Waals surface area contributed by atoms with E-state index in [-0.39, 0.29) is 11.7 Å². The average Bonchev–Trinajstić information content (AvgIpc) is 3.32. The van der Waals surface area contributed by atoms with Crippen molar-refractivity contribution >= 4 is 33.5 Å². The molecule has 0 saturated carbocycles. The number of anilines is 1. The van der Waals surface area contributed by atoms with Gasteiger partial charge in [0.1, 0.15) is 0 Å². The van der Waals surface area contributed by atoms with Crippen LogP contribution in [0.5, 0.6) is 0 Å². The molecule has 0 aliphatic carbocycles. The largest absolute Gasteiger partial charge is 0.318 e. The smallest absolute Gasteiger partial charge is 0.222 e. The zero-order valence-corrected chi connectivity index (χ0v) is 15.7. The molecule has 0 radical (unpaired) electrons. The summed E-state index contributed by atoms with van der Waals surface area (Å²) in [7, 11) is 0. The molecule has 3 aromatic carbocycles. The second-order valence-corrected chi connectivity index (χ2v) is 6.79. The topological polar surface area (TPSA) is 85.8 Å². The van der Waals surface area contributed by atoms with Crippen molar-refractivity contribution in [3.63, 3.8) is 0 Å². The number of nitrogens with one attached hydrogen (secondary N) is 1. The van der Waals surface area contributed by atoms with Gasteiger partial charge in [0, 0.05) is 6.92 Å². The highest BCUT2D eigenvalue weighted by atomic mass is 16.6. The Balaban J connectivity index is 1.70. The van der Waals surface area contributed by atoms with Gasteiger partial charge in [0.2, 0.25) is 11.7 Å². The molecule has 1 N–H and O–H groups in total. The molecule has 7 heteroatoms. The lowest BCUT2D eigenvalue weighted by Gasteiger charge is -2.11. The van der Waals surface area contributed by atoms with E-state index in [0.29, 0.717) is 18.1 Å². The number of benzene rings is 3. The van der Waals surface area contributed by atoms with E-state index in [1.54, 1.807) is 0 Å². The van der Waals surface area contributed by atoms with Crippen LogP contribution in [0.15, 0.2) is 71.4 Å². The minimum Gasteiger partial charge on any atom is -0.318 e. The molecule has 5 rings (SSSR count). The third-order valence-electron chi connectivity index (χ3n) is 4.86. The second kappa shape index (κ2) is 6.87. The van der Waals surface area contributed by atoms with E-state index in [0.717, 1.165) is 16.6 Å². The van der Waals surface area contributed by atoms with Gasteiger partial charge < -0.3 is 9.88 Å². The number of rotatable bonds is 4. The molecular formula is C22H17N5O2. The van der Waals surface area contributed by atoms with Gasteiger partial charge in [-0.1, -0.05) is 54.6 Å². The quantitative estimate of drug-likeness (QED) is 0.501. The third kappa shape index (κ3) is 3.02. The van der Waals surface area contributed by atoms with Crippen LogP contribution in [0.2, 0.25) is 0 Å². The van der Waals surface area contributed by atoms with Crippen LogP contribution in [-0.4, -0.2) is 25.8 Å². The van der Waals surface area contributed by atoms with Crippen molar-refractivity contribution in [2.75, 3.05) is 5.32 Å². The number of carbonyl (C=O) groups is 1. The molecule has 1 amide bonds. The van der Waals surface area contributed by atoms with Gasteiger partial charge >= 0.3 is 0 Å². The number of fused-ring (bicyclic) bond motifs is 2. The van der Waals surface area contributed by atoms with Crippen LogP contribution in [0.25, 0.3) is 33.3 Å². The number of amides is 1. The summed E-state index contributed by atoms with van der Waals surface area (Å²) >= 11 is 0. The number of hydrogen-bond acceptors (Lipinski definition) is 5. The molecule has 142 valence electrons. The molecule has 5 aromatic rings. The molecule has 0 bridgehead atoms. The molecule has 0 atom stereocenters. The van der Waals surface area contributed by atoms with Crippen LogP contribution in [-0.2, 0) is 11.3 Å². The van der Waals surface area contributed by atoms with Crippen LogP contribution in [0, 0.1) is 0 Å². The number of nitrogens with zero attached hydrogens (tertiary/aromatic N) is 4. The minimum absolute atomic E-state index is 0.251. The highest BCUT2D eigenvalue weighted by molar-refractivity contribution is 5.92. The SMILES string of the molecule is CC(=O)Nc1nonc1-c1nc2ccccc2n1Cc1cccc2ccccc12. The summed E-state index contributed by atoms with van der Waals surface area (Å²) in [5.74, 6) is 0.592. The molecule has 0 saturated heterocycles. The number of carbonyl (C=O) groups excluding carboxylic acids is 1. The summed E-state index contributed by atoms with van der Waals surface area (Å²) < 4.78 is 6.98. The molecule has 2 aromatic heterocycles. The predicted octanol–water partition coefficient (Wildman–Crippen LogP) is 4.25. The Morgan fingerprint density at radius 2 is 1.79 bits per heavy atom. The van der Waals surface area contributed by atoms with Gasteiger partial charge in [-0.2, -0.15) is 0 Å². The fraction of sp³-hybridized carbons (Fsp3) is 0.0909. The Hall–Kier alpha value is -4.00. The molecule has 29 heavy (non-hydrogen) atoms. The Morgan fingerprint density at radius 1 is 1.00 bits per heavy atom. The lowest BCUT2D eigenvalue weighted by atomic mass is 10.0. The van der Waals surface area contributed by atoms with E-state index in [1.165, 1.54) is 17.7 Å². The van der Waals surface area contributed by atoms with E-state index < -0.39 is 0 Å². The summed E-state index contributed by atoms with van der Waals surface area (Å²) in [5, 5.41) is 12.9. The maximum atomic E-state index is 11.5. The number of para-hydroxylation sites is 2. The van der Waals surface area contributed by atoms with Crippen molar-refractivity contribution in [1.29, 1.82) is 0 Å². The maximum Gasteiger partial charge on any atom is 0.222 e. The van der Waals surface area contributed by atoms with Crippen molar-refractivity contribution in [1.82, 2.24) is 19.9 Å². The summed E-state index contributed by atoms with van der Waals surface area (Å²) in [5.41, 5.74) is 3.35. The highest BCUT2D eigenvalue weighted by Crippen LogP contribution is 2.30. The summed E-state index contributed by atoms with van der Waals surface area (Å²) in [6.45, 7) is 2.00. The normalized spacial score (nSPS) is 11.2. The Bertz CT molecular complexity index is 1350. The van der Waals surface area contributed by atoms with Gasteiger partial charge in [-0.3, -0.25) is 4.79 Å². The fourth-order valence-electron chi connectivity index (χ4n) is 3.60. The molecule has 0 spiro atoms. The van der Waals surface area contributed by atoms with E-state index >= 15 is 0 Å². The highest BCUT2D eigenvalue weighted by Gasteiger charge is 2.21. The zero-order valence-electron chi connectivity index (χ0n) is 15.7. The Kier molecular flexibility index (Phi) is 4.05. The van der Waals surface area contributed by atoms with Crippen molar-refractivity contribution < 1.29 is 9.42 Å². The molecule has 0 fully saturated rings. The lowest BCUT2D eigenvalue weighted by Crippen LogP contribution is -2.09. The Morgan fingerprint density at radius 3 is 2.69 bits per heavy atom. The second-order valence-electron chi connectivity index (χ2n) is 6.79. The zero-order chi connectivity index (χ0) is 19.8. The van der Waals surface area contributed by atoms with Gasteiger partial charge in [-0.25, -0.2) is 9.61 Å². The molecule has 0 aliphatic rings. The first kappa shape index (κ1) is 17.1. The van der Waals surface area contributed by atoms with Crippen LogP contribution in [0.3, 0.4) is 0 Å². The van der Waals surface area contributed by atoms with E-state index in [2.05, 4.69) is 50.5 Å². The molecule has 0 aliphatic heterocycles. The maximum absolute atomic E-state index is 11.5. The molecule has 2 heterocycles. The molecule has 0 unspecified atom stereocenters. The fourth-order valence-corrected chi connectivity index (χ4v) is 3.60. The van der Waals surface area contributed by atoms with Crippen LogP contribution in [0.4, 0.5) is 5.82 Å². The van der Waals surface area contributed by atoms with Crippen molar-refractivity contribution in [2.45, 2.75) is 13.5 Å².